The van der Waals surface area contributed by atoms with Gasteiger partial charge in [0.25, 0.3) is 0 Å². The third kappa shape index (κ3) is 6.18. The molecule has 11 aromatic rings. The first-order valence-electron chi connectivity index (χ1n) is 21.9. The van der Waals surface area contributed by atoms with E-state index in [1.165, 1.54) is 49.9 Å². The van der Waals surface area contributed by atoms with E-state index in [4.69, 9.17) is 15.0 Å². The Morgan fingerprint density at radius 2 is 0.859 bits per heavy atom. The third-order valence-corrected chi connectivity index (χ3v) is 13.1. The van der Waals surface area contributed by atoms with Crippen LogP contribution in [-0.2, 0) is 5.41 Å². The van der Waals surface area contributed by atoms with Crippen LogP contribution in [0.4, 0.5) is 0 Å². The molecule has 0 spiro atoms. The van der Waals surface area contributed by atoms with E-state index in [1.54, 1.807) is 0 Å². The molecule has 0 radical (unpaired) electrons. The maximum atomic E-state index is 5.40. The second kappa shape index (κ2) is 15.0. The molecule has 64 heavy (non-hydrogen) atoms. The van der Waals surface area contributed by atoms with Gasteiger partial charge in [-0.15, -0.1) is 0 Å². The number of nitrogens with zero attached hydrogens (tertiary/aromatic N) is 4. The molecular weight excluding hydrogens is 777 g/mol. The molecule has 302 valence electrons. The summed E-state index contributed by atoms with van der Waals surface area (Å²) in [5.74, 6) is 1.81. The highest BCUT2D eigenvalue weighted by molar-refractivity contribution is 6.11. The van der Waals surface area contributed by atoms with Gasteiger partial charge in [-0.1, -0.05) is 196 Å². The number of benzene rings is 9. The van der Waals surface area contributed by atoms with Gasteiger partial charge in [-0.3, -0.25) is 4.57 Å². The zero-order chi connectivity index (χ0) is 42.8. The van der Waals surface area contributed by atoms with Gasteiger partial charge in [0.05, 0.1) is 11.0 Å². The van der Waals surface area contributed by atoms with Crippen molar-refractivity contribution in [2.75, 3.05) is 0 Å². The fraction of sp³-hybridized carbons (Fsp3) is 0.0500. The van der Waals surface area contributed by atoms with Crippen LogP contribution in [0, 0.1) is 0 Å². The van der Waals surface area contributed by atoms with Crippen LogP contribution in [-0.4, -0.2) is 19.5 Å². The molecule has 4 heteroatoms. The lowest BCUT2D eigenvalue weighted by Gasteiger charge is -2.21. The van der Waals surface area contributed by atoms with Crippen molar-refractivity contribution >= 4 is 21.8 Å². The molecule has 9 aromatic carbocycles. The molecule has 0 amide bonds. The minimum Gasteiger partial charge on any atom is -0.278 e. The Kier molecular flexibility index (Phi) is 8.80. The van der Waals surface area contributed by atoms with E-state index in [9.17, 15) is 0 Å². The van der Waals surface area contributed by atoms with Gasteiger partial charge in [0, 0.05) is 27.3 Å². The second-order valence-electron chi connectivity index (χ2n) is 17.2. The maximum absolute atomic E-state index is 5.40. The zero-order valence-corrected chi connectivity index (χ0v) is 35.6. The minimum atomic E-state index is -0.165. The monoisotopic (exact) mass is 818 g/mol. The molecule has 0 aliphatic heterocycles. The summed E-state index contributed by atoms with van der Waals surface area (Å²) in [5.41, 5.74) is 18.3. The molecule has 0 bridgehead atoms. The summed E-state index contributed by atoms with van der Waals surface area (Å²) in [6.45, 7) is 4.66. The molecule has 0 unspecified atom stereocenters. The van der Waals surface area contributed by atoms with Crippen LogP contribution < -0.4 is 0 Å². The molecule has 0 fully saturated rings. The number of hydrogen-bond donors (Lipinski definition) is 0. The number of para-hydroxylation sites is 1. The van der Waals surface area contributed by atoms with Crippen molar-refractivity contribution in [3.63, 3.8) is 0 Å². The molecular formula is C60H42N4. The zero-order valence-electron chi connectivity index (χ0n) is 35.6. The van der Waals surface area contributed by atoms with E-state index in [2.05, 4.69) is 219 Å². The van der Waals surface area contributed by atoms with Gasteiger partial charge in [0.15, 0.2) is 11.6 Å². The molecule has 0 saturated carbocycles. The Hall–Kier alpha value is -8.21. The quantitative estimate of drug-likeness (QED) is 0.161. The van der Waals surface area contributed by atoms with E-state index in [1.807, 2.05) is 18.2 Å². The van der Waals surface area contributed by atoms with E-state index >= 15 is 0 Å². The largest absolute Gasteiger partial charge is 0.278 e. The van der Waals surface area contributed by atoms with Crippen molar-refractivity contribution in [3.8, 4) is 84.4 Å². The second-order valence-corrected chi connectivity index (χ2v) is 17.2. The van der Waals surface area contributed by atoms with Crippen molar-refractivity contribution in [1.29, 1.82) is 0 Å². The Bertz CT molecular complexity index is 3490. The van der Waals surface area contributed by atoms with E-state index in [0.717, 1.165) is 49.8 Å². The van der Waals surface area contributed by atoms with Crippen molar-refractivity contribution < 1.29 is 0 Å². The van der Waals surface area contributed by atoms with E-state index in [0.29, 0.717) is 17.6 Å². The Morgan fingerprint density at radius 1 is 0.328 bits per heavy atom. The Morgan fingerprint density at radius 3 is 1.53 bits per heavy atom. The van der Waals surface area contributed by atoms with Gasteiger partial charge in [-0.05, 0) is 103 Å². The number of fused-ring (bicyclic) bond motifs is 6. The average molecular weight is 819 g/mol. The van der Waals surface area contributed by atoms with Crippen LogP contribution in [0.1, 0.15) is 25.0 Å². The highest BCUT2D eigenvalue weighted by Gasteiger charge is 2.36. The van der Waals surface area contributed by atoms with Crippen LogP contribution in [0.5, 0.6) is 0 Å². The Balaban J connectivity index is 1.07. The lowest BCUT2D eigenvalue weighted by atomic mass is 9.82. The normalized spacial score (nSPS) is 12.7. The Labute approximate surface area is 372 Å². The van der Waals surface area contributed by atoms with Crippen LogP contribution in [0.2, 0.25) is 0 Å². The molecule has 4 nitrogen and oxygen atoms in total. The van der Waals surface area contributed by atoms with Crippen molar-refractivity contribution in [2.45, 2.75) is 19.3 Å². The van der Waals surface area contributed by atoms with Crippen LogP contribution in [0.3, 0.4) is 0 Å². The number of hydrogen-bond acceptors (Lipinski definition) is 3. The standard InChI is InChI=1S/C60H42N4/c1-60(2)52-32-17-15-30-46(52)50-37-51-47-31-16-18-33-54(47)64(55(51)38-53(50)60)59-62-57(42-26-13-6-14-27-42)61-58(63-59)44-29-19-28-43(34-44)45-35-48(39-20-7-3-8-21-39)56(41-24-11-5-12-25-41)49(36-45)40-22-9-4-10-23-40/h3-38H,1-2H3. The summed E-state index contributed by atoms with van der Waals surface area (Å²) in [7, 11) is 0. The highest BCUT2D eigenvalue weighted by atomic mass is 15.2. The first-order chi connectivity index (χ1) is 31.5. The number of aromatic nitrogens is 4. The molecule has 1 aliphatic carbocycles. The third-order valence-electron chi connectivity index (χ3n) is 13.1. The molecule has 2 heterocycles. The summed E-state index contributed by atoms with van der Waals surface area (Å²) in [4.78, 5) is 15.9. The summed E-state index contributed by atoms with van der Waals surface area (Å²) >= 11 is 0. The van der Waals surface area contributed by atoms with Crippen molar-refractivity contribution in [2.24, 2.45) is 0 Å². The fourth-order valence-electron chi connectivity index (χ4n) is 9.94. The average Bonchev–Trinajstić information content (AvgIpc) is 3.81. The summed E-state index contributed by atoms with van der Waals surface area (Å²) in [6.07, 6.45) is 0. The summed E-state index contributed by atoms with van der Waals surface area (Å²) in [6, 6.07) is 78.0. The molecule has 2 aromatic heterocycles. The summed E-state index contributed by atoms with van der Waals surface area (Å²) < 4.78 is 2.24. The lowest BCUT2D eigenvalue weighted by Crippen LogP contribution is -2.15. The van der Waals surface area contributed by atoms with Gasteiger partial charge >= 0.3 is 0 Å². The molecule has 0 N–H and O–H groups in total. The molecule has 12 rings (SSSR count). The first-order valence-corrected chi connectivity index (χ1v) is 21.9. The smallest absolute Gasteiger partial charge is 0.238 e. The van der Waals surface area contributed by atoms with Gasteiger partial charge in [-0.25, -0.2) is 4.98 Å². The van der Waals surface area contributed by atoms with Gasteiger partial charge in [0.2, 0.25) is 5.95 Å². The first kappa shape index (κ1) is 37.5. The molecule has 0 atom stereocenters. The SMILES string of the molecule is CC1(C)c2ccccc2-c2cc3c4ccccc4n(-c4nc(-c5ccccc5)nc(-c5cccc(-c6cc(-c7ccccc7)c(-c7ccccc7)c(-c7ccccc7)c6)c5)n4)c3cc21. The number of rotatable bonds is 7. The topological polar surface area (TPSA) is 43.6 Å². The minimum absolute atomic E-state index is 0.165. The van der Waals surface area contributed by atoms with Gasteiger partial charge in [0.1, 0.15) is 0 Å². The lowest BCUT2D eigenvalue weighted by molar-refractivity contribution is 0.661. The fourth-order valence-corrected chi connectivity index (χ4v) is 9.94. The van der Waals surface area contributed by atoms with Crippen molar-refractivity contribution in [3.05, 3.63) is 230 Å². The molecule has 0 saturated heterocycles. The predicted molar refractivity (Wildman–Crippen MR) is 264 cm³/mol. The van der Waals surface area contributed by atoms with Crippen molar-refractivity contribution in [1.82, 2.24) is 19.5 Å². The highest BCUT2D eigenvalue weighted by Crippen LogP contribution is 2.51. The van der Waals surface area contributed by atoms with Crippen LogP contribution >= 0.6 is 0 Å². The molecule has 1 aliphatic rings. The summed E-state index contributed by atoms with van der Waals surface area (Å²) in [5, 5.41) is 2.34. The maximum Gasteiger partial charge on any atom is 0.238 e. The van der Waals surface area contributed by atoms with Crippen LogP contribution in [0.15, 0.2) is 218 Å². The van der Waals surface area contributed by atoms with E-state index < -0.39 is 0 Å². The van der Waals surface area contributed by atoms with Gasteiger partial charge < -0.3 is 0 Å². The predicted octanol–water partition coefficient (Wildman–Crippen LogP) is 15.3. The van der Waals surface area contributed by atoms with Crippen LogP contribution in [0.25, 0.3) is 106 Å². The van der Waals surface area contributed by atoms with E-state index in [-0.39, 0.29) is 5.41 Å². The van der Waals surface area contributed by atoms with Gasteiger partial charge in [-0.2, -0.15) is 9.97 Å².